The molecule has 1 saturated heterocycles. The number of aryl methyl sites for hydroxylation is 1. The molecule has 2 aromatic rings. The first-order valence-electron chi connectivity index (χ1n) is 6.69. The lowest BCUT2D eigenvalue weighted by atomic mass is 10.1. The molecule has 0 unspecified atom stereocenters. The van der Waals surface area contributed by atoms with Gasteiger partial charge in [-0.25, -0.2) is 4.79 Å². The summed E-state index contributed by atoms with van der Waals surface area (Å²) in [5.41, 5.74) is 1.47. The minimum Gasteiger partial charge on any atom is -0.407 e. The Hall–Kier alpha value is -1.79. The van der Waals surface area contributed by atoms with Gasteiger partial charge in [0, 0.05) is 32.7 Å². The summed E-state index contributed by atoms with van der Waals surface area (Å²) in [5.74, 6) is -0.535. The van der Waals surface area contributed by atoms with Gasteiger partial charge in [-0.3, -0.25) is 9.36 Å². The first kappa shape index (κ1) is 15.6. The van der Waals surface area contributed by atoms with Gasteiger partial charge in [-0.05, 0) is 19.1 Å². The summed E-state index contributed by atoms with van der Waals surface area (Å²) < 4.78 is 6.62. The van der Waals surface area contributed by atoms with E-state index in [1.807, 2.05) is 6.92 Å². The smallest absolute Gasteiger partial charge is 0.407 e. The first-order valence-corrected chi connectivity index (χ1v) is 6.69. The molecule has 0 spiro atoms. The van der Waals surface area contributed by atoms with Gasteiger partial charge < -0.3 is 14.6 Å². The van der Waals surface area contributed by atoms with Crippen molar-refractivity contribution >= 4 is 29.4 Å². The molecule has 0 radical (unpaired) electrons. The van der Waals surface area contributed by atoms with E-state index in [4.69, 9.17) is 4.42 Å². The predicted molar refractivity (Wildman–Crippen MR) is 82.1 cm³/mol. The summed E-state index contributed by atoms with van der Waals surface area (Å²) in [6, 6.07) is 5.53. The molecule has 3 rings (SSSR count). The van der Waals surface area contributed by atoms with E-state index >= 15 is 0 Å². The highest BCUT2D eigenvalue weighted by Crippen LogP contribution is 2.19. The number of carbonyl (C=O) groups excluding carboxylic acids is 1. The van der Waals surface area contributed by atoms with Crippen molar-refractivity contribution in [2.24, 2.45) is 7.05 Å². The van der Waals surface area contributed by atoms with E-state index in [0.29, 0.717) is 29.8 Å². The number of piperazine rings is 1. The van der Waals surface area contributed by atoms with Crippen molar-refractivity contribution in [1.29, 1.82) is 0 Å². The Balaban J connectivity index is 0.00000161. The van der Waals surface area contributed by atoms with Crippen LogP contribution < -0.4 is 11.1 Å². The average molecular weight is 312 g/mol. The summed E-state index contributed by atoms with van der Waals surface area (Å²) in [4.78, 5) is 26.0. The van der Waals surface area contributed by atoms with Gasteiger partial charge in [0.1, 0.15) is 0 Å². The lowest BCUT2D eigenvalue weighted by molar-refractivity contribution is 0.0710. The molecule has 0 saturated carbocycles. The highest BCUT2D eigenvalue weighted by molar-refractivity contribution is 6.04. The van der Waals surface area contributed by atoms with Crippen molar-refractivity contribution < 1.29 is 9.21 Å². The minimum atomic E-state index is -0.450. The van der Waals surface area contributed by atoms with Crippen molar-refractivity contribution in [3.8, 4) is 0 Å². The Kier molecular flexibility index (Phi) is 4.39. The van der Waals surface area contributed by atoms with Gasteiger partial charge in [0.15, 0.2) is 5.58 Å². The van der Waals surface area contributed by atoms with Crippen molar-refractivity contribution in [3.63, 3.8) is 0 Å². The average Bonchev–Trinajstić information content (AvgIpc) is 2.74. The number of amides is 1. The van der Waals surface area contributed by atoms with Crippen molar-refractivity contribution in [3.05, 3.63) is 34.3 Å². The molecule has 1 atom stereocenters. The van der Waals surface area contributed by atoms with E-state index < -0.39 is 5.76 Å². The molecule has 1 aliphatic heterocycles. The van der Waals surface area contributed by atoms with Crippen LogP contribution in [0.2, 0.25) is 0 Å². The standard InChI is InChI=1S/C14H17N3O3.ClH/c1-9-8-17(7-6-15-9)13(18)10-4-3-5-11-12(10)20-14(19)16(11)2;/h3-5,9,15H,6-8H2,1-2H3;1H/t9-;/m1./s1. The highest BCUT2D eigenvalue weighted by Gasteiger charge is 2.24. The Labute approximate surface area is 128 Å². The number of halogens is 1. The van der Waals surface area contributed by atoms with Gasteiger partial charge in [-0.2, -0.15) is 0 Å². The van der Waals surface area contributed by atoms with E-state index in [2.05, 4.69) is 5.32 Å². The van der Waals surface area contributed by atoms with Crippen molar-refractivity contribution in [2.45, 2.75) is 13.0 Å². The number of oxazole rings is 1. The molecule has 1 N–H and O–H groups in total. The van der Waals surface area contributed by atoms with Crippen LogP contribution in [0.1, 0.15) is 17.3 Å². The lowest BCUT2D eigenvalue weighted by Crippen LogP contribution is -2.51. The predicted octanol–water partition coefficient (Wildman–Crippen LogP) is 0.987. The van der Waals surface area contributed by atoms with Gasteiger partial charge in [0.25, 0.3) is 5.91 Å². The third-order valence-corrected chi connectivity index (χ3v) is 3.71. The highest BCUT2D eigenvalue weighted by atomic mass is 35.5. The van der Waals surface area contributed by atoms with Crippen LogP contribution in [0, 0.1) is 0 Å². The van der Waals surface area contributed by atoms with Crippen LogP contribution in [-0.2, 0) is 7.05 Å². The number of fused-ring (bicyclic) bond motifs is 1. The molecular weight excluding hydrogens is 294 g/mol. The second-order valence-electron chi connectivity index (χ2n) is 5.19. The number of nitrogens with one attached hydrogen (secondary N) is 1. The molecule has 7 heteroatoms. The number of para-hydroxylation sites is 1. The number of rotatable bonds is 1. The lowest BCUT2D eigenvalue weighted by Gasteiger charge is -2.31. The molecule has 6 nitrogen and oxygen atoms in total. The molecule has 0 bridgehead atoms. The van der Waals surface area contributed by atoms with Crippen LogP contribution in [0.4, 0.5) is 0 Å². The maximum Gasteiger partial charge on any atom is 0.419 e. The number of hydrogen-bond donors (Lipinski definition) is 1. The quantitative estimate of drug-likeness (QED) is 0.853. The molecule has 1 aromatic heterocycles. The van der Waals surface area contributed by atoms with E-state index in [-0.39, 0.29) is 24.4 Å². The Morgan fingerprint density at radius 3 is 2.90 bits per heavy atom. The zero-order chi connectivity index (χ0) is 14.3. The van der Waals surface area contributed by atoms with Gasteiger partial charge in [-0.15, -0.1) is 12.4 Å². The number of benzene rings is 1. The summed E-state index contributed by atoms with van der Waals surface area (Å²) in [5, 5.41) is 3.30. The second kappa shape index (κ2) is 5.91. The van der Waals surface area contributed by atoms with Gasteiger partial charge >= 0.3 is 5.76 Å². The van der Waals surface area contributed by atoms with Crippen LogP contribution in [0.25, 0.3) is 11.1 Å². The van der Waals surface area contributed by atoms with Gasteiger partial charge in [0.05, 0.1) is 11.1 Å². The van der Waals surface area contributed by atoms with Crippen molar-refractivity contribution in [1.82, 2.24) is 14.8 Å². The third kappa shape index (κ3) is 2.69. The zero-order valence-corrected chi connectivity index (χ0v) is 12.8. The molecule has 114 valence electrons. The molecule has 1 aromatic carbocycles. The van der Waals surface area contributed by atoms with Crippen LogP contribution in [0.15, 0.2) is 27.4 Å². The van der Waals surface area contributed by atoms with Crippen LogP contribution in [0.5, 0.6) is 0 Å². The SMILES string of the molecule is C[C@@H]1CN(C(=O)c2cccc3c2oc(=O)n3C)CCN1.Cl. The Bertz CT molecular complexity index is 722. The zero-order valence-electron chi connectivity index (χ0n) is 12.0. The third-order valence-electron chi connectivity index (χ3n) is 3.71. The van der Waals surface area contributed by atoms with Crippen LogP contribution in [-0.4, -0.2) is 41.1 Å². The van der Waals surface area contributed by atoms with E-state index in [1.54, 1.807) is 30.1 Å². The minimum absolute atomic E-state index is 0. The van der Waals surface area contributed by atoms with Crippen LogP contribution >= 0.6 is 12.4 Å². The summed E-state index contributed by atoms with van der Waals surface area (Å²) in [7, 11) is 1.63. The Morgan fingerprint density at radius 1 is 1.43 bits per heavy atom. The van der Waals surface area contributed by atoms with E-state index in [9.17, 15) is 9.59 Å². The fraction of sp³-hybridized carbons (Fsp3) is 0.429. The van der Waals surface area contributed by atoms with Gasteiger partial charge in [0.2, 0.25) is 0 Å². The molecule has 1 fully saturated rings. The summed E-state index contributed by atoms with van der Waals surface area (Å²) in [6.07, 6.45) is 0. The maximum atomic E-state index is 12.6. The van der Waals surface area contributed by atoms with E-state index in [0.717, 1.165) is 6.54 Å². The number of aromatic nitrogens is 1. The topological polar surface area (TPSA) is 67.5 Å². The summed E-state index contributed by atoms with van der Waals surface area (Å²) >= 11 is 0. The largest absolute Gasteiger partial charge is 0.419 e. The monoisotopic (exact) mass is 311 g/mol. The molecule has 0 aliphatic carbocycles. The number of nitrogens with zero attached hydrogens (tertiary/aromatic N) is 2. The summed E-state index contributed by atoms with van der Waals surface area (Å²) in [6.45, 7) is 4.15. The number of carbonyl (C=O) groups is 1. The maximum absolute atomic E-state index is 12.6. The first-order chi connectivity index (χ1) is 9.58. The normalized spacial score (nSPS) is 18.6. The molecular formula is C14H18ClN3O3. The van der Waals surface area contributed by atoms with Gasteiger partial charge in [-0.1, -0.05) is 6.07 Å². The number of hydrogen-bond acceptors (Lipinski definition) is 4. The molecule has 2 heterocycles. The second-order valence-corrected chi connectivity index (χ2v) is 5.19. The molecule has 1 amide bonds. The van der Waals surface area contributed by atoms with E-state index in [1.165, 1.54) is 4.57 Å². The van der Waals surface area contributed by atoms with Crippen molar-refractivity contribution in [2.75, 3.05) is 19.6 Å². The Morgan fingerprint density at radius 2 is 2.19 bits per heavy atom. The molecule has 21 heavy (non-hydrogen) atoms. The fourth-order valence-corrected chi connectivity index (χ4v) is 2.61. The fourth-order valence-electron chi connectivity index (χ4n) is 2.61. The molecule has 1 aliphatic rings. The van der Waals surface area contributed by atoms with Crippen LogP contribution in [0.3, 0.4) is 0 Å².